The molecule has 1 unspecified atom stereocenters. The molecule has 1 atom stereocenters. The molecule has 174 valence electrons. The molecular weight excluding hydrogens is 467 g/mol. The number of carbonyl (C=O) groups is 4. The standard InChI is InChI=1S/C23H19BClF2N3O4/c24-22(9-1-2-18(31)29-20(22)33)30-12-14-10-13(3-8-17(14)19(30)32)11-28-21(34)23(26,27)15-4-6-16(25)7-5-15/h3-8,10H,1-2,9,11-12H2,(H,28,34)(H,29,31,33). The minimum Gasteiger partial charge on any atom is -0.346 e. The van der Waals surface area contributed by atoms with Gasteiger partial charge in [0, 0.05) is 35.7 Å². The fraction of sp³-hybridized carbons (Fsp3) is 0.304. The van der Waals surface area contributed by atoms with Crippen molar-refractivity contribution in [3.05, 3.63) is 69.7 Å². The topological polar surface area (TPSA) is 95.6 Å². The van der Waals surface area contributed by atoms with E-state index in [4.69, 9.17) is 19.4 Å². The first-order valence-electron chi connectivity index (χ1n) is 10.5. The molecule has 1 saturated heterocycles. The summed E-state index contributed by atoms with van der Waals surface area (Å²) < 4.78 is 28.9. The van der Waals surface area contributed by atoms with Gasteiger partial charge < -0.3 is 10.2 Å². The molecule has 1 fully saturated rings. The zero-order chi connectivity index (χ0) is 24.7. The second kappa shape index (κ2) is 8.83. The van der Waals surface area contributed by atoms with Crippen LogP contribution in [-0.4, -0.2) is 41.8 Å². The molecule has 0 aromatic heterocycles. The first-order valence-corrected chi connectivity index (χ1v) is 10.9. The van der Waals surface area contributed by atoms with E-state index in [-0.39, 0.29) is 31.0 Å². The van der Waals surface area contributed by atoms with Gasteiger partial charge in [-0.2, -0.15) is 8.78 Å². The second-order valence-electron chi connectivity index (χ2n) is 8.30. The number of hydrogen-bond acceptors (Lipinski definition) is 4. The molecule has 7 nitrogen and oxygen atoms in total. The zero-order valence-corrected chi connectivity index (χ0v) is 18.6. The summed E-state index contributed by atoms with van der Waals surface area (Å²) in [4.78, 5) is 50.5. The predicted octanol–water partition coefficient (Wildman–Crippen LogP) is 2.40. The molecular formula is C23H19BClF2N3O4. The highest BCUT2D eigenvalue weighted by atomic mass is 35.5. The van der Waals surface area contributed by atoms with Crippen molar-refractivity contribution in [1.82, 2.24) is 15.5 Å². The van der Waals surface area contributed by atoms with Crippen LogP contribution in [0, 0.1) is 0 Å². The van der Waals surface area contributed by atoms with E-state index in [0.29, 0.717) is 23.1 Å². The Bertz CT molecular complexity index is 1190. The van der Waals surface area contributed by atoms with Gasteiger partial charge in [-0.25, -0.2) is 0 Å². The molecule has 2 aromatic carbocycles. The van der Waals surface area contributed by atoms with Crippen LogP contribution in [0.3, 0.4) is 0 Å². The van der Waals surface area contributed by atoms with Crippen LogP contribution in [0.2, 0.25) is 5.02 Å². The summed E-state index contributed by atoms with van der Waals surface area (Å²) in [5.74, 6) is -6.90. The Kier molecular flexibility index (Phi) is 6.20. The van der Waals surface area contributed by atoms with E-state index in [1.165, 1.54) is 29.2 Å². The van der Waals surface area contributed by atoms with E-state index >= 15 is 0 Å². The van der Waals surface area contributed by atoms with Gasteiger partial charge in [0.25, 0.3) is 11.8 Å². The summed E-state index contributed by atoms with van der Waals surface area (Å²) in [6, 6.07) is 9.33. The van der Waals surface area contributed by atoms with Gasteiger partial charge in [-0.1, -0.05) is 35.9 Å². The van der Waals surface area contributed by atoms with Crippen molar-refractivity contribution in [2.75, 3.05) is 0 Å². The van der Waals surface area contributed by atoms with E-state index in [9.17, 15) is 28.0 Å². The Morgan fingerprint density at radius 3 is 2.59 bits per heavy atom. The molecule has 0 saturated carbocycles. The molecule has 0 spiro atoms. The number of amides is 4. The number of benzene rings is 2. The molecule has 0 aliphatic carbocycles. The fourth-order valence-corrected chi connectivity index (χ4v) is 4.20. The summed E-state index contributed by atoms with van der Waals surface area (Å²) >= 11 is 5.71. The lowest BCUT2D eigenvalue weighted by molar-refractivity contribution is -0.147. The lowest BCUT2D eigenvalue weighted by atomic mass is 9.72. The van der Waals surface area contributed by atoms with Gasteiger partial charge in [0.2, 0.25) is 11.8 Å². The molecule has 11 heteroatoms. The van der Waals surface area contributed by atoms with Crippen LogP contribution >= 0.6 is 11.6 Å². The molecule has 2 radical (unpaired) electrons. The number of nitrogens with one attached hydrogen (secondary N) is 2. The number of carbonyl (C=O) groups excluding carboxylic acids is 4. The number of rotatable bonds is 5. The lowest BCUT2D eigenvalue weighted by Gasteiger charge is -2.36. The molecule has 2 heterocycles. The molecule has 4 rings (SSSR count). The maximum absolute atomic E-state index is 14.5. The minimum absolute atomic E-state index is 0.00893. The van der Waals surface area contributed by atoms with Crippen LogP contribution < -0.4 is 10.6 Å². The van der Waals surface area contributed by atoms with E-state index in [0.717, 1.165) is 12.1 Å². The van der Waals surface area contributed by atoms with Gasteiger partial charge >= 0.3 is 5.92 Å². The van der Waals surface area contributed by atoms with Crippen molar-refractivity contribution in [2.24, 2.45) is 0 Å². The largest absolute Gasteiger partial charge is 0.349 e. The molecule has 0 bridgehead atoms. The van der Waals surface area contributed by atoms with Crippen LogP contribution in [0.4, 0.5) is 8.78 Å². The van der Waals surface area contributed by atoms with Gasteiger partial charge in [0.15, 0.2) is 0 Å². The molecule has 34 heavy (non-hydrogen) atoms. The Hall–Kier alpha value is -3.27. The average molecular weight is 486 g/mol. The quantitative estimate of drug-likeness (QED) is 0.502. The third-order valence-electron chi connectivity index (χ3n) is 6.01. The monoisotopic (exact) mass is 485 g/mol. The van der Waals surface area contributed by atoms with Gasteiger partial charge in [0.05, 0.1) is 5.44 Å². The zero-order valence-electron chi connectivity index (χ0n) is 17.9. The molecule has 2 N–H and O–H groups in total. The van der Waals surface area contributed by atoms with Gasteiger partial charge in [-0.15, -0.1) is 0 Å². The van der Waals surface area contributed by atoms with Gasteiger partial charge in [-0.3, -0.25) is 24.5 Å². The highest BCUT2D eigenvalue weighted by Gasteiger charge is 2.46. The van der Waals surface area contributed by atoms with Crippen molar-refractivity contribution in [1.29, 1.82) is 0 Å². The van der Waals surface area contributed by atoms with Crippen LogP contribution in [0.25, 0.3) is 0 Å². The van der Waals surface area contributed by atoms with Crippen LogP contribution in [-0.2, 0) is 33.4 Å². The number of halogens is 3. The second-order valence-corrected chi connectivity index (χ2v) is 8.74. The smallest absolute Gasteiger partial charge is 0.346 e. The fourth-order valence-electron chi connectivity index (χ4n) is 4.08. The van der Waals surface area contributed by atoms with Crippen LogP contribution in [0.5, 0.6) is 0 Å². The summed E-state index contributed by atoms with van der Waals surface area (Å²) in [6.07, 6.45) is 0.588. The highest BCUT2D eigenvalue weighted by Crippen LogP contribution is 2.33. The van der Waals surface area contributed by atoms with E-state index in [2.05, 4.69) is 10.6 Å². The first kappa shape index (κ1) is 23.9. The maximum atomic E-state index is 14.5. The SMILES string of the molecule is [B]C1(N2Cc3cc(CNC(=O)C(F)(F)c4ccc(Cl)cc4)ccc3C2=O)CCCC(=O)NC1=O. The first-order chi connectivity index (χ1) is 16.0. The summed E-state index contributed by atoms with van der Waals surface area (Å²) in [7, 11) is 6.28. The van der Waals surface area contributed by atoms with Gasteiger partial charge in [-0.05, 0) is 42.2 Å². The molecule has 2 aliphatic heterocycles. The van der Waals surface area contributed by atoms with Crippen LogP contribution in [0.1, 0.15) is 46.3 Å². The summed E-state index contributed by atoms with van der Waals surface area (Å²) in [6.45, 7) is -0.193. The molecule has 2 aromatic rings. The van der Waals surface area contributed by atoms with E-state index < -0.39 is 40.6 Å². The summed E-state index contributed by atoms with van der Waals surface area (Å²) in [5.41, 5.74) is -0.834. The number of nitrogens with zero attached hydrogens (tertiary/aromatic N) is 1. The van der Waals surface area contributed by atoms with Crippen LogP contribution in [0.15, 0.2) is 42.5 Å². The van der Waals surface area contributed by atoms with Crippen molar-refractivity contribution < 1.29 is 28.0 Å². The molecule has 2 aliphatic rings. The Balaban J connectivity index is 1.47. The average Bonchev–Trinajstić information content (AvgIpc) is 3.06. The predicted molar refractivity (Wildman–Crippen MR) is 119 cm³/mol. The third-order valence-corrected chi connectivity index (χ3v) is 6.26. The highest BCUT2D eigenvalue weighted by molar-refractivity contribution is 6.32. The normalized spacial score (nSPS) is 20.6. The summed E-state index contributed by atoms with van der Waals surface area (Å²) in [5, 5.41) is 4.69. The number of imide groups is 1. The van der Waals surface area contributed by atoms with Crippen molar-refractivity contribution >= 4 is 43.1 Å². The van der Waals surface area contributed by atoms with Crippen molar-refractivity contribution in [3.8, 4) is 0 Å². The maximum Gasteiger partial charge on any atom is 0.349 e. The molecule has 4 amide bonds. The van der Waals surface area contributed by atoms with E-state index in [1.54, 1.807) is 6.07 Å². The number of hydrogen-bond donors (Lipinski definition) is 2. The number of alkyl halides is 2. The number of fused-ring (bicyclic) bond motifs is 1. The van der Waals surface area contributed by atoms with Crippen molar-refractivity contribution in [2.45, 2.75) is 43.7 Å². The van der Waals surface area contributed by atoms with Gasteiger partial charge in [0.1, 0.15) is 7.85 Å². The Morgan fingerprint density at radius 2 is 1.88 bits per heavy atom. The van der Waals surface area contributed by atoms with Crippen molar-refractivity contribution in [3.63, 3.8) is 0 Å². The lowest BCUT2D eigenvalue weighted by Crippen LogP contribution is -2.59. The van der Waals surface area contributed by atoms with E-state index in [1.807, 2.05) is 0 Å². The third kappa shape index (κ3) is 4.30. The Labute approximate surface area is 200 Å². The minimum atomic E-state index is -3.76. The Morgan fingerprint density at radius 1 is 1.18 bits per heavy atom.